The first-order chi connectivity index (χ1) is 17.1. The fourth-order valence-electron chi connectivity index (χ4n) is 6.32. The van der Waals surface area contributed by atoms with Gasteiger partial charge in [0, 0.05) is 28.7 Å². The number of benzene rings is 1. The van der Waals surface area contributed by atoms with Crippen molar-refractivity contribution in [3.63, 3.8) is 0 Å². The lowest BCUT2D eigenvalue weighted by atomic mass is 9.56. The Morgan fingerprint density at radius 3 is 2.50 bits per heavy atom. The minimum absolute atomic E-state index is 0.0329. The van der Waals surface area contributed by atoms with Gasteiger partial charge in [0.15, 0.2) is 11.4 Å². The van der Waals surface area contributed by atoms with E-state index in [9.17, 15) is 30.0 Å². The lowest BCUT2D eigenvalue weighted by Gasteiger charge is -2.51. The fraction of sp³-hybridized carbons (Fsp3) is 0.571. The molecule has 0 bridgehead atoms. The average Bonchev–Trinajstić information content (AvgIpc) is 2.83. The molecule has 196 valence electrons. The summed E-state index contributed by atoms with van der Waals surface area (Å²) in [5.41, 5.74) is -1.35. The first kappa shape index (κ1) is 26.8. The molecule has 0 aliphatic heterocycles. The molecule has 4 rings (SSSR count). The zero-order valence-electron chi connectivity index (χ0n) is 21.5. The summed E-state index contributed by atoms with van der Waals surface area (Å²) in [5, 5.41) is 44.6. The third kappa shape index (κ3) is 4.07. The van der Waals surface area contributed by atoms with E-state index in [2.05, 4.69) is 6.92 Å². The van der Waals surface area contributed by atoms with Crippen molar-refractivity contribution in [3.8, 4) is 5.75 Å². The number of carbonyl (C=O) groups is 2. The fourth-order valence-corrected chi connectivity index (χ4v) is 7.56. The van der Waals surface area contributed by atoms with Crippen molar-refractivity contribution in [1.29, 1.82) is 0 Å². The highest BCUT2D eigenvalue weighted by atomic mass is 32.2. The lowest BCUT2D eigenvalue weighted by molar-refractivity contribution is -0.153. The molecule has 3 aliphatic rings. The SMILES string of the molecule is CCCCCCSCC1c2cccc(O)c2C(O)=C2C(=O)C3(O)C(O)=C(C)C(=O)C(N(C)C)C3CC21. The minimum atomic E-state index is -2.31. The summed E-state index contributed by atoms with van der Waals surface area (Å²) < 4.78 is 0. The van der Waals surface area contributed by atoms with Crippen LogP contribution in [-0.4, -0.2) is 74.1 Å². The van der Waals surface area contributed by atoms with Crippen LogP contribution >= 0.6 is 11.8 Å². The van der Waals surface area contributed by atoms with E-state index in [1.54, 1.807) is 36.8 Å². The second-order valence-corrected chi connectivity index (χ2v) is 11.7. The molecule has 1 saturated carbocycles. The van der Waals surface area contributed by atoms with Gasteiger partial charge < -0.3 is 20.4 Å². The van der Waals surface area contributed by atoms with Gasteiger partial charge in [-0.05, 0) is 57.2 Å². The number of aromatic hydroxyl groups is 1. The van der Waals surface area contributed by atoms with Crippen molar-refractivity contribution in [3.05, 3.63) is 46.2 Å². The van der Waals surface area contributed by atoms with Crippen LogP contribution in [0, 0.1) is 11.8 Å². The molecule has 0 spiro atoms. The van der Waals surface area contributed by atoms with Gasteiger partial charge in [-0.3, -0.25) is 14.5 Å². The zero-order chi connectivity index (χ0) is 26.4. The van der Waals surface area contributed by atoms with Gasteiger partial charge in [0.1, 0.15) is 17.3 Å². The standard InChI is InChI=1S/C28H37NO6S/c1-5-6-7-8-12-36-14-18-16-10-9-11-20(30)21(16)25(32)22-17(18)13-19-23(29(3)4)24(31)15(2)26(33)28(19,35)27(22)34/h9-11,17-19,23,30,32-33,35H,5-8,12-14H2,1-4H3. The number of aliphatic hydroxyl groups excluding tert-OH is 2. The van der Waals surface area contributed by atoms with Gasteiger partial charge in [0.25, 0.3) is 0 Å². The molecule has 5 atom stereocenters. The van der Waals surface area contributed by atoms with E-state index in [1.165, 1.54) is 19.4 Å². The molecule has 1 aromatic rings. The summed E-state index contributed by atoms with van der Waals surface area (Å²) in [6, 6.07) is 4.29. The van der Waals surface area contributed by atoms with Crippen LogP contribution in [0.5, 0.6) is 5.75 Å². The third-order valence-corrected chi connectivity index (χ3v) is 9.36. The van der Waals surface area contributed by atoms with Gasteiger partial charge in [0.2, 0.25) is 5.78 Å². The third-order valence-electron chi connectivity index (χ3n) is 8.19. The van der Waals surface area contributed by atoms with Crippen LogP contribution in [0.1, 0.15) is 63.0 Å². The molecule has 0 saturated heterocycles. The molecule has 0 heterocycles. The first-order valence-electron chi connectivity index (χ1n) is 12.8. The van der Waals surface area contributed by atoms with E-state index in [0.717, 1.165) is 30.6 Å². The molecule has 5 unspecified atom stereocenters. The molecule has 3 aliphatic carbocycles. The van der Waals surface area contributed by atoms with Crippen molar-refractivity contribution >= 4 is 29.1 Å². The molecular formula is C28H37NO6S. The van der Waals surface area contributed by atoms with Gasteiger partial charge in [-0.1, -0.05) is 38.3 Å². The topological polar surface area (TPSA) is 118 Å². The lowest BCUT2D eigenvalue weighted by Crippen LogP contribution is -2.65. The number of rotatable bonds is 8. The molecule has 36 heavy (non-hydrogen) atoms. The Bertz CT molecular complexity index is 1130. The largest absolute Gasteiger partial charge is 0.508 e. The second-order valence-electron chi connectivity index (χ2n) is 10.5. The van der Waals surface area contributed by atoms with Crippen LogP contribution in [-0.2, 0) is 9.59 Å². The summed E-state index contributed by atoms with van der Waals surface area (Å²) in [6.07, 6.45) is 4.84. The normalized spacial score (nSPS) is 29.9. The Kier molecular flexibility index (Phi) is 7.60. The molecular weight excluding hydrogens is 478 g/mol. The van der Waals surface area contributed by atoms with E-state index < -0.39 is 35.0 Å². The molecule has 7 nitrogen and oxygen atoms in total. The van der Waals surface area contributed by atoms with E-state index in [0.29, 0.717) is 5.75 Å². The average molecular weight is 516 g/mol. The van der Waals surface area contributed by atoms with Crippen LogP contribution in [0.3, 0.4) is 0 Å². The molecule has 1 fully saturated rings. The van der Waals surface area contributed by atoms with Crippen molar-refractivity contribution < 1.29 is 30.0 Å². The van der Waals surface area contributed by atoms with E-state index in [-0.39, 0.29) is 46.3 Å². The summed E-state index contributed by atoms with van der Waals surface area (Å²) in [4.78, 5) is 28.8. The highest BCUT2D eigenvalue weighted by Gasteiger charge is 2.63. The van der Waals surface area contributed by atoms with Crippen molar-refractivity contribution in [2.75, 3.05) is 25.6 Å². The van der Waals surface area contributed by atoms with Crippen LogP contribution in [0.4, 0.5) is 0 Å². The number of carbonyl (C=O) groups excluding carboxylic acids is 2. The van der Waals surface area contributed by atoms with E-state index >= 15 is 0 Å². The van der Waals surface area contributed by atoms with Gasteiger partial charge in [-0.25, -0.2) is 0 Å². The number of phenols is 1. The molecule has 8 heteroatoms. The Labute approximate surface area is 216 Å². The molecule has 1 aromatic carbocycles. The molecule has 0 radical (unpaired) electrons. The van der Waals surface area contributed by atoms with Gasteiger partial charge in [-0.2, -0.15) is 11.8 Å². The summed E-state index contributed by atoms with van der Waals surface area (Å²) in [5.74, 6) is -2.10. The number of Topliss-reactive ketones (excluding diaryl/α,β-unsaturated/α-hetero) is 2. The zero-order valence-corrected chi connectivity index (χ0v) is 22.3. The number of aliphatic hydroxyl groups is 3. The van der Waals surface area contributed by atoms with Crippen LogP contribution in [0.2, 0.25) is 0 Å². The highest BCUT2D eigenvalue weighted by Crippen LogP contribution is 2.56. The molecule has 0 aromatic heterocycles. The van der Waals surface area contributed by atoms with Crippen LogP contribution in [0.15, 0.2) is 35.1 Å². The number of nitrogens with zero attached hydrogens (tertiary/aromatic N) is 1. The minimum Gasteiger partial charge on any atom is -0.508 e. The molecule has 4 N–H and O–H groups in total. The number of likely N-dealkylation sites (N-methyl/N-ethyl adjacent to an activating group) is 1. The maximum Gasteiger partial charge on any atom is 0.202 e. The Hall–Kier alpha value is -2.29. The summed E-state index contributed by atoms with van der Waals surface area (Å²) in [7, 11) is 3.45. The van der Waals surface area contributed by atoms with Crippen LogP contribution in [0.25, 0.3) is 5.76 Å². The van der Waals surface area contributed by atoms with Crippen molar-refractivity contribution in [1.82, 2.24) is 4.90 Å². The van der Waals surface area contributed by atoms with E-state index in [1.807, 2.05) is 6.07 Å². The Balaban J connectivity index is 1.80. The van der Waals surface area contributed by atoms with Gasteiger partial charge in [0.05, 0.1) is 11.6 Å². The summed E-state index contributed by atoms with van der Waals surface area (Å²) >= 11 is 1.78. The number of hydrogen-bond donors (Lipinski definition) is 4. The molecule has 0 amide bonds. The predicted molar refractivity (Wildman–Crippen MR) is 141 cm³/mol. The predicted octanol–water partition coefficient (Wildman–Crippen LogP) is 4.35. The summed E-state index contributed by atoms with van der Waals surface area (Å²) in [6.45, 7) is 3.58. The Morgan fingerprint density at radius 2 is 1.83 bits per heavy atom. The van der Waals surface area contributed by atoms with Gasteiger partial charge in [-0.15, -0.1) is 0 Å². The smallest absolute Gasteiger partial charge is 0.202 e. The van der Waals surface area contributed by atoms with Crippen molar-refractivity contribution in [2.24, 2.45) is 11.8 Å². The maximum absolute atomic E-state index is 14.0. The highest BCUT2D eigenvalue weighted by molar-refractivity contribution is 7.99. The van der Waals surface area contributed by atoms with Crippen LogP contribution < -0.4 is 0 Å². The number of phenolic OH excluding ortho intramolecular Hbond substituents is 1. The first-order valence-corrected chi connectivity index (χ1v) is 13.9. The van der Waals surface area contributed by atoms with E-state index in [4.69, 9.17) is 0 Å². The number of ketones is 2. The number of hydrogen-bond acceptors (Lipinski definition) is 8. The quantitative estimate of drug-likeness (QED) is 0.377. The number of thioether (sulfide) groups is 1. The maximum atomic E-state index is 14.0. The monoisotopic (exact) mass is 515 g/mol. The number of fused-ring (bicyclic) bond motifs is 3. The second kappa shape index (κ2) is 10.2. The van der Waals surface area contributed by atoms with Gasteiger partial charge >= 0.3 is 0 Å². The number of unbranched alkanes of at least 4 members (excludes halogenated alkanes) is 3. The Morgan fingerprint density at radius 1 is 1.11 bits per heavy atom. The van der Waals surface area contributed by atoms with Crippen molar-refractivity contribution in [2.45, 2.75) is 63.5 Å².